The third-order valence-corrected chi connectivity index (χ3v) is 0.384. The smallest absolute Gasteiger partial charge is 0.0947 e. The summed E-state index contributed by atoms with van der Waals surface area (Å²) in [6.07, 6.45) is 0.611. The van der Waals surface area contributed by atoms with Crippen LogP contribution in [-0.2, 0) is 0 Å². The van der Waals surface area contributed by atoms with E-state index in [0.29, 0.717) is 6.42 Å². The molecular formula is C3H9FN+. The van der Waals surface area contributed by atoms with Gasteiger partial charge < -0.3 is 5.73 Å². The molecule has 0 atom stereocenters. The van der Waals surface area contributed by atoms with Gasteiger partial charge in [0.05, 0.1) is 13.2 Å². The maximum absolute atomic E-state index is 11.0. The summed E-state index contributed by atoms with van der Waals surface area (Å²) in [4.78, 5) is 0. The molecule has 0 heterocycles. The molecule has 0 amide bonds. The minimum absolute atomic E-state index is 0.219. The first kappa shape index (κ1) is 4.89. The lowest BCUT2D eigenvalue weighted by atomic mass is 10.5. The molecule has 0 unspecified atom stereocenters. The van der Waals surface area contributed by atoms with Crippen LogP contribution in [0.3, 0.4) is 0 Å². The minimum atomic E-state index is -0.219. The third-order valence-electron chi connectivity index (χ3n) is 0.384. The van der Waals surface area contributed by atoms with E-state index in [1.54, 1.807) is 0 Å². The van der Waals surface area contributed by atoms with Crippen molar-refractivity contribution in [2.75, 3.05) is 13.2 Å². The average Bonchev–Trinajstić information content (AvgIpc) is 1.41. The van der Waals surface area contributed by atoms with E-state index in [1.807, 2.05) is 0 Å². The van der Waals surface area contributed by atoms with E-state index in [4.69, 9.17) is 0 Å². The topological polar surface area (TPSA) is 27.6 Å². The molecule has 0 radical (unpaired) electrons. The fourth-order valence-electron chi connectivity index (χ4n) is 0.0945. The highest BCUT2D eigenvalue weighted by atomic mass is 19.1. The summed E-state index contributed by atoms with van der Waals surface area (Å²) in [7, 11) is 0. The molecular weight excluding hydrogens is 69.0 g/mol. The molecule has 0 aromatic carbocycles. The third kappa shape index (κ3) is 3.89. The van der Waals surface area contributed by atoms with Gasteiger partial charge in [0, 0.05) is 6.42 Å². The number of alkyl halides is 1. The molecule has 0 fully saturated rings. The van der Waals surface area contributed by atoms with Crippen molar-refractivity contribution in [2.24, 2.45) is 0 Å². The van der Waals surface area contributed by atoms with Gasteiger partial charge in [0.1, 0.15) is 0 Å². The number of hydrogen-bond donors (Lipinski definition) is 1. The first-order valence-corrected chi connectivity index (χ1v) is 1.77. The van der Waals surface area contributed by atoms with Crippen molar-refractivity contribution in [1.82, 2.24) is 0 Å². The highest BCUT2D eigenvalue weighted by Gasteiger charge is 1.74. The maximum Gasteiger partial charge on any atom is 0.0947 e. The van der Waals surface area contributed by atoms with Gasteiger partial charge in [-0.3, -0.25) is 4.39 Å². The van der Waals surface area contributed by atoms with Gasteiger partial charge in [-0.2, -0.15) is 0 Å². The highest BCUT2D eigenvalue weighted by molar-refractivity contribution is 4.21. The van der Waals surface area contributed by atoms with E-state index in [9.17, 15) is 4.39 Å². The van der Waals surface area contributed by atoms with Gasteiger partial charge in [-0.15, -0.1) is 0 Å². The lowest BCUT2D eigenvalue weighted by Crippen LogP contribution is -2.50. The fraction of sp³-hybridized carbons (Fsp3) is 1.00. The van der Waals surface area contributed by atoms with E-state index in [0.717, 1.165) is 6.54 Å². The lowest BCUT2D eigenvalue weighted by Gasteiger charge is -1.74. The van der Waals surface area contributed by atoms with Crippen LogP contribution in [0.2, 0.25) is 0 Å². The van der Waals surface area contributed by atoms with Crippen LogP contribution < -0.4 is 5.73 Å². The van der Waals surface area contributed by atoms with E-state index < -0.39 is 0 Å². The minimum Gasteiger partial charge on any atom is -0.357 e. The van der Waals surface area contributed by atoms with Crippen molar-refractivity contribution in [1.29, 1.82) is 0 Å². The Morgan fingerprint density at radius 2 is 2.20 bits per heavy atom. The number of halogens is 1. The zero-order valence-corrected chi connectivity index (χ0v) is 3.21. The summed E-state index contributed by atoms with van der Waals surface area (Å²) in [5.41, 5.74) is 3.44. The second-order valence-electron chi connectivity index (χ2n) is 0.896. The SMILES string of the molecule is [NH3+]CCCF. The Morgan fingerprint density at radius 3 is 2.20 bits per heavy atom. The Balaban J connectivity index is 2.19. The van der Waals surface area contributed by atoms with Crippen molar-refractivity contribution >= 4 is 0 Å². The molecule has 0 aliphatic heterocycles. The van der Waals surface area contributed by atoms with Gasteiger partial charge in [-0.05, 0) is 0 Å². The maximum atomic E-state index is 11.0. The van der Waals surface area contributed by atoms with Crippen molar-refractivity contribution in [3.8, 4) is 0 Å². The van der Waals surface area contributed by atoms with Crippen LogP contribution in [-0.4, -0.2) is 13.2 Å². The normalized spacial score (nSPS) is 8.40. The van der Waals surface area contributed by atoms with Crippen LogP contribution in [0.4, 0.5) is 4.39 Å². The van der Waals surface area contributed by atoms with Gasteiger partial charge in [-0.1, -0.05) is 0 Å². The molecule has 0 saturated heterocycles. The van der Waals surface area contributed by atoms with Gasteiger partial charge in [0.25, 0.3) is 0 Å². The van der Waals surface area contributed by atoms with Gasteiger partial charge in [0.15, 0.2) is 0 Å². The van der Waals surface area contributed by atoms with Crippen molar-refractivity contribution in [3.63, 3.8) is 0 Å². The summed E-state index contributed by atoms with van der Waals surface area (Å²) in [6, 6.07) is 0. The first-order valence-electron chi connectivity index (χ1n) is 1.77. The van der Waals surface area contributed by atoms with Crippen molar-refractivity contribution in [2.45, 2.75) is 6.42 Å². The fourth-order valence-corrected chi connectivity index (χ4v) is 0.0945. The average molecular weight is 78.1 g/mol. The van der Waals surface area contributed by atoms with E-state index >= 15 is 0 Å². The van der Waals surface area contributed by atoms with Crippen molar-refractivity contribution in [3.05, 3.63) is 0 Å². The molecule has 0 aromatic heterocycles. The molecule has 0 spiro atoms. The van der Waals surface area contributed by atoms with Crippen LogP contribution in [0.15, 0.2) is 0 Å². The Labute approximate surface area is 31.0 Å². The zero-order chi connectivity index (χ0) is 4.12. The molecule has 0 aliphatic carbocycles. The Morgan fingerprint density at radius 1 is 1.60 bits per heavy atom. The van der Waals surface area contributed by atoms with Crippen LogP contribution in [0.25, 0.3) is 0 Å². The number of quaternary nitrogens is 1. The highest BCUT2D eigenvalue weighted by Crippen LogP contribution is 1.68. The predicted octanol–water partition coefficient (Wildman–Crippen LogP) is -0.412. The number of hydrogen-bond acceptors (Lipinski definition) is 0. The molecule has 0 rings (SSSR count). The van der Waals surface area contributed by atoms with E-state index in [2.05, 4.69) is 5.73 Å². The molecule has 0 aliphatic rings. The van der Waals surface area contributed by atoms with Crippen LogP contribution in [0.5, 0.6) is 0 Å². The molecule has 2 heteroatoms. The van der Waals surface area contributed by atoms with E-state index in [1.165, 1.54) is 0 Å². The zero-order valence-electron chi connectivity index (χ0n) is 3.21. The standard InChI is InChI=1S/C3H8FN/c4-2-1-3-5/h1-3,5H2/p+1. The van der Waals surface area contributed by atoms with Gasteiger partial charge in [-0.25, -0.2) is 0 Å². The Kier molecular flexibility index (Phi) is 3.80. The second-order valence-corrected chi connectivity index (χ2v) is 0.896. The van der Waals surface area contributed by atoms with Crippen molar-refractivity contribution < 1.29 is 10.1 Å². The Bertz CT molecular complexity index is 14.4. The monoisotopic (exact) mass is 78.1 g/mol. The molecule has 32 valence electrons. The quantitative estimate of drug-likeness (QED) is 0.465. The van der Waals surface area contributed by atoms with Crippen LogP contribution in [0.1, 0.15) is 6.42 Å². The van der Waals surface area contributed by atoms with E-state index in [-0.39, 0.29) is 6.67 Å². The molecule has 0 aromatic rings. The molecule has 3 N–H and O–H groups in total. The van der Waals surface area contributed by atoms with Crippen LogP contribution >= 0.6 is 0 Å². The second kappa shape index (κ2) is 3.89. The molecule has 0 bridgehead atoms. The van der Waals surface area contributed by atoms with Gasteiger partial charge in [0.2, 0.25) is 0 Å². The Hall–Kier alpha value is -0.110. The molecule has 5 heavy (non-hydrogen) atoms. The largest absolute Gasteiger partial charge is 0.357 e. The summed E-state index contributed by atoms with van der Waals surface area (Å²) in [5.74, 6) is 0. The summed E-state index contributed by atoms with van der Waals surface area (Å²) in [5, 5.41) is 0. The predicted molar refractivity (Wildman–Crippen MR) is 18.3 cm³/mol. The summed E-state index contributed by atoms with van der Waals surface area (Å²) in [6.45, 7) is 0.500. The summed E-state index contributed by atoms with van der Waals surface area (Å²) < 4.78 is 11.0. The first-order chi connectivity index (χ1) is 2.41. The number of rotatable bonds is 2. The summed E-state index contributed by atoms with van der Waals surface area (Å²) >= 11 is 0. The lowest BCUT2D eigenvalue weighted by molar-refractivity contribution is -0.368. The van der Waals surface area contributed by atoms with Crippen LogP contribution in [0, 0.1) is 0 Å². The molecule has 0 saturated carbocycles. The molecule has 1 nitrogen and oxygen atoms in total. The van der Waals surface area contributed by atoms with Gasteiger partial charge >= 0.3 is 0 Å².